The lowest BCUT2D eigenvalue weighted by atomic mass is 10.2. The second-order valence-corrected chi connectivity index (χ2v) is 3.03. The zero-order valence-electron chi connectivity index (χ0n) is 7.71. The first-order valence-corrected chi connectivity index (χ1v) is 4.23. The standard InChI is InChI=1S/C10H9N3O/c1-8-6-11-10(12-7-8)9-2-4-13(14)5-3-9/h2-7H,1H3. The van der Waals surface area contributed by atoms with Crippen LogP contribution in [-0.4, -0.2) is 9.97 Å². The van der Waals surface area contributed by atoms with Crippen molar-refractivity contribution in [2.24, 2.45) is 0 Å². The van der Waals surface area contributed by atoms with Crippen molar-refractivity contribution in [2.45, 2.75) is 6.92 Å². The minimum absolute atomic E-state index is 0.635. The summed E-state index contributed by atoms with van der Waals surface area (Å²) in [6.07, 6.45) is 6.36. The molecule has 2 aromatic rings. The van der Waals surface area contributed by atoms with Crippen molar-refractivity contribution >= 4 is 0 Å². The van der Waals surface area contributed by atoms with Gasteiger partial charge in [-0.05, 0) is 12.5 Å². The molecule has 0 aliphatic heterocycles. The summed E-state index contributed by atoms with van der Waals surface area (Å²) in [7, 11) is 0. The lowest BCUT2D eigenvalue weighted by Gasteiger charge is -1.99. The van der Waals surface area contributed by atoms with Crippen molar-refractivity contribution in [2.75, 3.05) is 0 Å². The highest BCUT2D eigenvalue weighted by Gasteiger charge is 2.01. The molecule has 0 unspecified atom stereocenters. The van der Waals surface area contributed by atoms with Crippen LogP contribution >= 0.6 is 0 Å². The van der Waals surface area contributed by atoms with Gasteiger partial charge in [0.1, 0.15) is 0 Å². The third kappa shape index (κ3) is 1.69. The van der Waals surface area contributed by atoms with Crippen LogP contribution in [0.2, 0.25) is 0 Å². The molecule has 2 aromatic heterocycles. The predicted octanol–water partition coefficient (Wildman–Crippen LogP) is 1.09. The summed E-state index contributed by atoms with van der Waals surface area (Å²) in [4.78, 5) is 8.31. The number of rotatable bonds is 1. The lowest BCUT2D eigenvalue weighted by molar-refractivity contribution is -0.605. The van der Waals surface area contributed by atoms with Crippen molar-refractivity contribution < 1.29 is 4.73 Å². The number of nitrogens with zero attached hydrogens (tertiary/aromatic N) is 3. The molecule has 0 aliphatic carbocycles. The van der Waals surface area contributed by atoms with Gasteiger partial charge in [0, 0.05) is 30.1 Å². The van der Waals surface area contributed by atoms with Gasteiger partial charge in [-0.15, -0.1) is 0 Å². The molecule has 0 aliphatic rings. The topological polar surface area (TPSA) is 52.7 Å². The molecule has 0 atom stereocenters. The summed E-state index contributed by atoms with van der Waals surface area (Å²) in [5, 5.41) is 10.8. The molecular formula is C10H9N3O. The van der Waals surface area contributed by atoms with Crippen molar-refractivity contribution in [1.29, 1.82) is 0 Å². The van der Waals surface area contributed by atoms with Crippen molar-refractivity contribution in [3.8, 4) is 11.4 Å². The zero-order valence-corrected chi connectivity index (χ0v) is 7.71. The van der Waals surface area contributed by atoms with Crippen LogP contribution in [0.25, 0.3) is 11.4 Å². The quantitative estimate of drug-likeness (QED) is 0.496. The summed E-state index contributed by atoms with van der Waals surface area (Å²) in [6.45, 7) is 1.93. The van der Waals surface area contributed by atoms with E-state index in [1.807, 2.05) is 6.92 Å². The largest absolute Gasteiger partial charge is 0.619 e. The molecule has 0 amide bonds. The Kier molecular flexibility index (Phi) is 2.10. The Morgan fingerprint density at radius 3 is 2.29 bits per heavy atom. The fourth-order valence-electron chi connectivity index (χ4n) is 1.10. The van der Waals surface area contributed by atoms with E-state index in [4.69, 9.17) is 0 Å². The van der Waals surface area contributed by atoms with Crippen LogP contribution in [0.15, 0.2) is 36.9 Å². The molecule has 14 heavy (non-hydrogen) atoms. The first-order valence-electron chi connectivity index (χ1n) is 4.23. The minimum atomic E-state index is 0.635. The molecular weight excluding hydrogens is 178 g/mol. The van der Waals surface area contributed by atoms with Gasteiger partial charge in [0.15, 0.2) is 18.2 Å². The molecule has 0 saturated heterocycles. The maximum Gasteiger partial charge on any atom is 0.181 e. The fraction of sp³-hybridized carbons (Fsp3) is 0.100. The van der Waals surface area contributed by atoms with Gasteiger partial charge in [-0.3, -0.25) is 0 Å². The Hall–Kier alpha value is -1.97. The van der Waals surface area contributed by atoms with Crippen LogP contribution in [0.3, 0.4) is 0 Å². The van der Waals surface area contributed by atoms with Gasteiger partial charge in [0.25, 0.3) is 0 Å². The molecule has 2 rings (SSSR count). The highest BCUT2D eigenvalue weighted by Crippen LogP contribution is 2.11. The number of hydrogen-bond acceptors (Lipinski definition) is 3. The zero-order chi connectivity index (χ0) is 9.97. The first-order chi connectivity index (χ1) is 6.75. The lowest BCUT2D eigenvalue weighted by Crippen LogP contribution is -2.23. The van der Waals surface area contributed by atoms with E-state index >= 15 is 0 Å². The number of pyridine rings is 1. The maximum absolute atomic E-state index is 10.8. The monoisotopic (exact) mass is 187 g/mol. The van der Waals surface area contributed by atoms with Crippen LogP contribution in [0.4, 0.5) is 0 Å². The van der Waals surface area contributed by atoms with Gasteiger partial charge in [0.05, 0.1) is 0 Å². The molecule has 0 spiro atoms. The summed E-state index contributed by atoms with van der Waals surface area (Å²) >= 11 is 0. The van der Waals surface area contributed by atoms with Crippen molar-refractivity contribution in [3.63, 3.8) is 0 Å². The van der Waals surface area contributed by atoms with Gasteiger partial charge < -0.3 is 5.21 Å². The second kappa shape index (κ2) is 3.41. The summed E-state index contributed by atoms with van der Waals surface area (Å²) in [5.41, 5.74) is 1.86. The highest BCUT2D eigenvalue weighted by atomic mass is 16.5. The smallest absolute Gasteiger partial charge is 0.181 e. The van der Waals surface area contributed by atoms with Gasteiger partial charge in [-0.2, -0.15) is 4.73 Å². The summed E-state index contributed by atoms with van der Waals surface area (Å²) < 4.78 is 0.734. The molecule has 4 nitrogen and oxygen atoms in total. The fourth-order valence-corrected chi connectivity index (χ4v) is 1.10. The van der Waals surface area contributed by atoms with Gasteiger partial charge in [-0.1, -0.05) is 0 Å². The van der Waals surface area contributed by atoms with Gasteiger partial charge in [0.2, 0.25) is 0 Å². The number of aromatic nitrogens is 3. The molecule has 0 radical (unpaired) electrons. The van der Waals surface area contributed by atoms with E-state index in [-0.39, 0.29) is 0 Å². The molecule has 2 heterocycles. The maximum atomic E-state index is 10.8. The van der Waals surface area contributed by atoms with E-state index in [1.165, 1.54) is 12.4 Å². The van der Waals surface area contributed by atoms with E-state index in [0.29, 0.717) is 5.82 Å². The van der Waals surface area contributed by atoms with E-state index in [1.54, 1.807) is 24.5 Å². The Morgan fingerprint density at radius 1 is 1.14 bits per heavy atom. The van der Waals surface area contributed by atoms with Crippen LogP contribution in [0, 0.1) is 12.1 Å². The van der Waals surface area contributed by atoms with Crippen molar-refractivity contribution in [3.05, 3.63) is 47.7 Å². The van der Waals surface area contributed by atoms with Crippen LogP contribution in [0.5, 0.6) is 0 Å². The van der Waals surface area contributed by atoms with E-state index in [0.717, 1.165) is 15.9 Å². The van der Waals surface area contributed by atoms with Gasteiger partial charge in [-0.25, -0.2) is 9.97 Å². The van der Waals surface area contributed by atoms with Crippen LogP contribution < -0.4 is 4.73 Å². The summed E-state index contributed by atoms with van der Waals surface area (Å²) in [5.74, 6) is 0.635. The Morgan fingerprint density at radius 2 is 1.71 bits per heavy atom. The van der Waals surface area contributed by atoms with Gasteiger partial charge >= 0.3 is 0 Å². The molecule has 4 heteroatoms. The average Bonchev–Trinajstić information content (AvgIpc) is 2.21. The molecule has 0 N–H and O–H groups in total. The average molecular weight is 187 g/mol. The molecule has 70 valence electrons. The van der Waals surface area contributed by atoms with E-state index in [2.05, 4.69) is 9.97 Å². The Labute approximate surface area is 81.5 Å². The SMILES string of the molecule is Cc1cnc(-c2cc[n+]([O-])cc2)nc1. The highest BCUT2D eigenvalue weighted by molar-refractivity contribution is 5.52. The van der Waals surface area contributed by atoms with E-state index in [9.17, 15) is 5.21 Å². The number of aryl methyl sites for hydroxylation is 1. The second-order valence-electron chi connectivity index (χ2n) is 3.03. The predicted molar refractivity (Wildman–Crippen MR) is 51.2 cm³/mol. The molecule has 0 saturated carbocycles. The molecule has 0 bridgehead atoms. The minimum Gasteiger partial charge on any atom is -0.619 e. The molecule has 0 fully saturated rings. The third-order valence-corrected chi connectivity index (χ3v) is 1.84. The van der Waals surface area contributed by atoms with Crippen molar-refractivity contribution in [1.82, 2.24) is 9.97 Å². The first kappa shape index (κ1) is 8.62. The van der Waals surface area contributed by atoms with Crippen LogP contribution in [-0.2, 0) is 0 Å². The number of hydrogen-bond donors (Lipinski definition) is 0. The Balaban J connectivity index is 2.40. The Bertz CT molecular complexity index is 379. The third-order valence-electron chi connectivity index (χ3n) is 1.84. The van der Waals surface area contributed by atoms with Crippen LogP contribution in [0.1, 0.15) is 5.56 Å². The molecule has 0 aromatic carbocycles. The summed E-state index contributed by atoms with van der Waals surface area (Å²) in [6, 6.07) is 3.38. The van der Waals surface area contributed by atoms with E-state index < -0.39 is 0 Å². The normalized spacial score (nSPS) is 10.1.